The van der Waals surface area contributed by atoms with Gasteiger partial charge in [0.2, 0.25) is 0 Å². The summed E-state index contributed by atoms with van der Waals surface area (Å²) >= 11 is 0. The zero-order valence-electron chi connectivity index (χ0n) is 9.68. The zero-order valence-corrected chi connectivity index (χ0v) is 9.68. The van der Waals surface area contributed by atoms with E-state index in [2.05, 4.69) is 5.32 Å². The Morgan fingerprint density at radius 2 is 2.17 bits per heavy atom. The minimum Gasteiger partial charge on any atom is -0.508 e. The number of amides is 2. The maximum Gasteiger partial charge on any atom is 0.414 e. The van der Waals surface area contributed by atoms with Crippen molar-refractivity contribution in [1.82, 2.24) is 5.32 Å². The number of rotatable bonds is 1. The zero-order chi connectivity index (χ0) is 12.7. The molecular weight excluding hydrogens is 234 g/mol. The van der Waals surface area contributed by atoms with Crippen molar-refractivity contribution in [3.8, 4) is 5.75 Å². The molecule has 1 unspecified atom stereocenters. The molecule has 2 amide bonds. The number of hydrogen-bond acceptors (Lipinski definition) is 4. The molecule has 0 radical (unpaired) electrons. The first kappa shape index (κ1) is 11.1. The monoisotopic (exact) mass is 247 g/mol. The molecule has 18 heavy (non-hydrogen) atoms. The molecule has 1 saturated heterocycles. The van der Waals surface area contributed by atoms with E-state index in [1.165, 1.54) is 0 Å². The van der Waals surface area contributed by atoms with Crippen LogP contribution in [0.3, 0.4) is 0 Å². The number of carbonyl (C=O) groups excluding carboxylic acids is 2. The molecule has 94 valence electrons. The fourth-order valence-electron chi connectivity index (χ4n) is 2.79. The van der Waals surface area contributed by atoms with Crippen molar-refractivity contribution in [2.24, 2.45) is 0 Å². The van der Waals surface area contributed by atoms with Gasteiger partial charge in [-0.25, -0.2) is 4.79 Å². The van der Waals surface area contributed by atoms with Crippen LogP contribution in [0, 0.1) is 0 Å². The Labute approximate surface area is 104 Å². The fraction of sp³-hybridized carbons (Fsp3) is 0.385. The molecule has 0 bridgehead atoms. The number of carbonyl (C=O) groups is 2. The summed E-state index contributed by atoms with van der Waals surface area (Å²) in [6.45, 7) is 0. The van der Waals surface area contributed by atoms with Crippen LogP contribution >= 0.6 is 0 Å². The normalized spacial score (nSPS) is 26.4. The summed E-state index contributed by atoms with van der Waals surface area (Å²) in [7, 11) is 0. The average molecular weight is 247 g/mol. The second-order valence-corrected chi connectivity index (χ2v) is 4.70. The highest BCUT2D eigenvalue weighted by Crippen LogP contribution is 2.37. The number of hydrogen-bond donors (Lipinski definition) is 2. The second-order valence-electron chi connectivity index (χ2n) is 4.70. The highest BCUT2D eigenvalue weighted by Gasteiger charge is 2.40. The predicted octanol–water partition coefficient (Wildman–Crippen LogP) is 1.45. The van der Waals surface area contributed by atoms with E-state index in [1.807, 2.05) is 6.07 Å². The van der Waals surface area contributed by atoms with Gasteiger partial charge in [0.25, 0.3) is 5.91 Å². The molecule has 2 atom stereocenters. The van der Waals surface area contributed by atoms with Crippen LogP contribution in [0.4, 0.5) is 4.79 Å². The van der Waals surface area contributed by atoms with Crippen LogP contribution in [-0.4, -0.2) is 23.2 Å². The molecule has 1 aromatic carbocycles. The van der Waals surface area contributed by atoms with Crippen molar-refractivity contribution in [3.05, 3.63) is 29.3 Å². The fourth-order valence-corrected chi connectivity index (χ4v) is 2.79. The van der Waals surface area contributed by atoms with Gasteiger partial charge in [-0.2, -0.15) is 0 Å². The quantitative estimate of drug-likeness (QED) is 0.787. The lowest BCUT2D eigenvalue weighted by molar-refractivity contribution is -0.124. The third-order valence-corrected chi connectivity index (χ3v) is 3.57. The standard InChI is InChI=1S/C13H13NO4/c15-8-4-5-9-7(6-8)2-1-3-10(9)11-12(16)14-13(17)18-11/h4-6,10-11,15H,1-3H2,(H,14,16,17)/t10-,11?/m1/s1. The summed E-state index contributed by atoms with van der Waals surface area (Å²) < 4.78 is 5.04. The van der Waals surface area contributed by atoms with E-state index in [4.69, 9.17) is 4.74 Å². The van der Waals surface area contributed by atoms with E-state index >= 15 is 0 Å². The van der Waals surface area contributed by atoms with Gasteiger partial charge in [-0.05, 0) is 42.5 Å². The summed E-state index contributed by atoms with van der Waals surface area (Å²) in [6, 6.07) is 5.13. The number of aryl methyl sites for hydroxylation is 1. The lowest BCUT2D eigenvalue weighted by Crippen LogP contribution is -2.31. The molecule has 0 spiro atoms. The van der Waals surface area contributed by atoms with E-state index in [-0.39, 0.29) is 17.6 Å². The van der Waals surface area contributed by atoms with Crippen LogP contribution in [0.15, 0.2) is 18.2 Å². The van der Waals surface area contributed by atoms with E-state index < -0.39 is 12.2 Å². The minimum absolute atomic E-state index is 0.110. The van der Waals surface area contributed by atoms with Gasteiger partial charge in [0, 0.05) is 5.92 Å². The van der Waals surface area contributed by atoms with Crippen LogP contribution in [0.25, 0.3) is 0 Å². The number of cyclic esters (lactones) is 1. The molecule has 0 saturated carbocycles. The van der Waals surface area contributed by atoms with E-state index in [1.54, 1.807) is 12.1 Å². The Kier molecular flexibility index (Phi) is 2.47. The molecule has 1 heterocycles. The third kappa shape index (κ3) is 1.72. The number of fused-ring (bicyclic) bond motifs is 1. The predicted molar refractivity (Wildman–Crippen MR) is 62.2 cm³/mol. The first-order valence-electron chi connectivity index (χ1n) is 5.98. The number of phenols is 1. The van der Waals surface area contributed by atoms with E-state index in [0.29, 0.717) is 0 Å². The van der Waals surface area contributed by atoms with Gasteiger partial charge < -0.3 is 9.84 Å². The van der Waals surface area contributed by atoms with Gasteiger partial charge >= 0.3 is 6.09 Å². The molecule has 2 N–H and O–H groups in total. The first-order chi connectivity index (χ1) is 8.65. The Balaban J connectivity index is 1.96. The van der Waals surface area contributed by atoms with Crippen molar-refractivity contribution < 1.29 is 19.4 Å². The smallest absolute Gasteiger partial charge is 0.414 e. The van der Waals surface area contributed by atoms with Crippen LogP contribution in [-0.2, 0) is 16.0 Å². The largest absolute Gasteiger partial charge is 0.508 e. The van der Waals surface area contributed by atoms with Crippen LogP contribution in [0.5, 0.6) is 5.75 Å². The summed E-state index contributed by atoms with van der Waals surface area (Å²) in [5.41, 5.74) is 2.02. The number of imide groups is 1. The Morgan fingerprint density at radius 3 is 2.89 bits per heavy atom. The Bertz CT molecular complexity index is 526. The number of ether oxygens (including phenoxy) is 1. The Hall–Kier alpha value is -2.04. The molecule has 5 heteroatoms. The van der Waals surface area contributed by atoms with Crippen molar-refractivity contribution in [3.63, 3.8) is 0 Å². The molecule has 1 aromatic rings. The SMILES string of the molecule is O=C1NC(=O)C([C@@H]2CCCc3cc(O)ccc32)O1. The summed E-state index contributed by atoms with van der Waals surface area (Å²) in [4.78, 5) is 22.7. The molecule has 3 rings (SSSR count). The molecular formula is C13H13NO4. The van der Waals surface area contributed by atoms with Crippen molar-refractivity contribution in [2.45, 2.75) is 31.3 Å². The lowest BCUT2D eigenvalue weighted by atomic mass is 9.79. The molecule has 2 aliphatic rings. The van der Waals surface area contributed by atoms with Crippen LogP contribution in [0.2, 0.25) is 0 Å². The number of phenolic OH excluding ortho intramolecular Hbond substituents is 1. The average Bonchev–Trinajstić information content (AvgIpc) is 2.67. The highest BCUT2D eigenvalue weighted by atomic mass is 16.6. The number of nitrogens with one attached hydrogen (secondary N) is 1. The molecule has 1 fully saturated rings. The molecule has 1 aliphatic carbocycles. The topological polar surface area (TPSA) is 75.6 Å². The molecule has 0 aromatic heterocycles. The lowest BCUT2D eigenvalue weighted by Gasteiger charge is -2.27. The van der Waals surface area contributed by atoms with Crippen LogP contribution < -0.4 is 5.32 Å². The highest BCUT2D eigenvalue weighted by molar-refractivity contribution is 6.00. The number of alkyl carbamates (subject to hydrolysis) is 1. The van der Waals surface area contributed by atoms with Gasteiger partial charge in [-0.15, -0.1) is 0 Å². The number of aromatic hydroxyl groups is 1. The minimum atomic E-state index is -0.735. The Morgan fingerprint density at radius 1 is 1.33 bits per heavy atom. The van der Waals surface area contributed by atoms with Gasteiger partial charge in [-0.1, -0.05) is 6.07 Å². The first-order valence-corrected chi connectivity index (χ1v) is 5.98. The van der Waals surface area contributed by atoms with E-state index in [0.717, 1.165) is 30.4 Å². The molecule has 5 nitrogen and oxygen atoms in total. The van der Waals surface area contributed by atoms with Gasteiger partial charge in [-0.3, -0.25) is 10.1 Å². The van der Waals surface area contributed by atoms with Crippen molar-refractivity contribution in [2.75, 3.05) is 0 Å². The summed E-state index contributed by atoms with van der Waals surface area (Å²) in [5, 5.41) is 11.6. The van der Waals surface area contributed by atoms with Crippen LogP contribution in [0.1, 0.15) is 29.9 Å². The van der Waals surface area contributed by atoms with Gasteiger partial charge in [0.15, 0.2) is 6.10 Å². The second kappa shape index (κ2) is 4.01. The summed E-state index contributed by atoms with van der Waals surface area (Å²) in [5.74, 6) is -0.256. The maximum atomic E-state index is 11.7. The summed E-state index contributed by atoms with van der Waals surface area (Å²) in [6.07, 6.45) is 1.20. The van der Waals surface area contributed by atoms with Gasteiger partial charge in [0.05, 0.1) is 0 Å². The maximum absolute atomic E-state index is 11.7. The third-order valence-electron chi connectivity index (χ3n) is 3.57. The number of benzene rings is 1. The van der Waals surface area contributed by atoms with Gasteiger partial charge in [0.1, 0.15) is 5.75 Å². The molecule has 1 aliphatic heterocycles. The van der Waals surface area contributed by atoms with E-state index in [9.17, 15) is 14.7 Å². The van der Waals surface area contributed by atoms with Crippen molar-refractivity contribution in [1.29, 1.82) is 0 Å². The van der Waals surface area contributed by atoms with Crippen molar-refractivity contribution >= 4 is 12.0 Å².